The summed E-state index contributed by atoms with van der Waals surface area (Å²) in [5.41, 5.74) is 0.248. The number of amides is 1. The molecule has 0 aliphatic carbocycles. The normalized spacial score (nSPS) is 14.1. The van der Waals surface area contributed by atoms with Crippen molar-refractivity contribution in [3.05, 3.63) is 24.0 Å². The summed E-state index contributed by atoms with van der Waals surface area (Å²) in [7, 11) is 0. The number of nitrogens with one attached hydrogen (secondary N) is 2. The van der Waals surface area contributed by atoms with Crippen LogP contribution in [0, 0.1) is 11.7 Å². The number of carbonyl (C=O) groups is 1. The molecule has 0 fully saturated rings. The third kappa shape index (κ3) is 5.92. The molecule has 0 aliphatic heterocycles. The Labute approximate surface area is 132 Å². The van der Waals surface area contributed by atoms with Crippen molar-refractivity contribution in [2.24, 2.45) is 5.92 Å². The summed E-state index contributed by atoms with van der Waals surface area (Å²) in [5, 5.41) is 5.77. The maximum Gasteiger partial charge on any atom is 0.412 e. The third-order valence-electron chi connectivity index (χ3n) is 3.49. The van der Waals surface area contributed by atoms with Crippen molar-refractivity contribution in [1.29, 1.82) is 0 Å². The molecule has 2 atom stereocenters. The van der Waals surface area contributed by atoms with Crippen molar-refractivity contribution in [1.82, 2.24) is 0 Å². The van der Waals surface area contributed by atoms with E-state index in [1.165, 1.54) is 6.07 Å². The van der Waals surface area contributed by atoms with Crippen molar-refractivity contribution in [3.8, 4) is 0 Å². The highest BCUT2D eigenvalue weighted by molar-refractivity contribution is 5.85. The zero-order valence-corrected chi connectivity index (χ0v) is 14.3. The van der Waals surface area contributed by atoms with Gasteiger partial charge in [0.25, 0.3) is 0 Å². The zero-order chi connectivity index (χ0) is 16.9. The summed E-state index contributed by atoms with van der Waals surface area (Å²) in [6, 6.07) is 4.83. The van der Waals surface area contributed by atoms with Crippen molar-refractivity contribution in [3.63, 3.8) is 0 Å². The van der Waals surface area contributed by atoms with Crippen molar-refractivity contribution in [2.75, 3.05) is 10.6 Å². The number of benzene rings is 1. The summed E-state index contributed by atoms with van der Waals surface area (Å²) in [6.07, 6.45) is 0.386. The van der Waals surface area contributed by atoms with Gasteiger partial charge in [0.1, 0.15) is 11.4 Å². The highest BCUT2D eigenvalue weighted by atomic mass is 19.1. The molecule has 22 heavy (non-hydrogen) atoms. The van der Waals surface area contributed by atoms with Crippen LogP contribution >= 0.6 is 0 Å². The molecule has 1 rings (SSSR count). The molecular weight excluding hydrogens is 283 g/mol. The van der Waals surface area contributed by atoms with E-state index in [0.717, 1.165) is 12.1 Å². The van der Waals surface area contributed by atoms with E-state index >= 15 is 0 Å². The average molecular weight is 310 g/mol. The highest BCUT2D eigenvalue weighted by Crippen LogP contribution is 2.22. The lowest BCUT2D eigenvalue weighted by Gasteiger charge is -2.22. The average Bonchev–Trinajstić information content (AvgIpc) is 2.39. The topological polar surface area (TPSA) is 50.4 Å². The molecule has 0 bridgehead atoms. The quantitative estimate of drug-likeness (QED) is 0.803. The molecule has 0 saturated carbocycles. The second kappa shape index (κ2) is 7.47. The van der Waals surface area contributed by atoms with Crippen LogP contribution in [0.3, 0.4) is 0 Å². The van der Waals surface area contributed by atoms with Crippen molar-refractivity contribution < 1.29 is 13.9 Å². The van der Waals surface area contributed by atoms with Gasteiger partial charge in [-0.15, -0.1) is 0 Å². The Hall–Kier alpha value is -1.78. The van der Waals surface area contributed by atoms with Gasteiger partial charge >= 0.3 is 6.09 Å². The number of hydrogen-bond acceptors (Lipinski definition) is 3. The Morgan fingerprint density at radius 1 is 1.32 bits per heavy atom. The monoisotopic (exact) mass is 310 g/mol. The summed E-state index contributed by atoms with van der Waals surface area (Å²) in [6.45, 7) is 11.6. The van der Waals surface area contributed by atoms with E-state index in [-0.39, 0.29) is 11.7 Å². The Kier molecular flexibility index (Phi) is 6.21. The third-order valence-corrected chi connectivity index (χ3v) is 3.49. The minimum absolute atomic E-state index is 0.107. The van der Waals surface area contributed by atoms with E-state index in [9.17, 15) is 9.18 Å². The molecule has 2 unspecified atom stereocenters. The molecule has 2 N–H and O–H groups in total. The molecule has 1 aromatic carbocycles. The molecule has 0 aliphatic rings. The summed E-state index contributed by atoms with van der Waals surface area (Å²) < 4.78 is 19.0. The van der Waals surface area contributed by atoms with E-state index in [1.807, 2.05) is 0 Å². The first-order valence-electron chi connectivity index (χ1n) is 7.68. The fourth-order valence-corrected chi connectivity index (χ4v) is 1.88. The first kappa shape index (κ1) is 18.3. The highest BCUT2D eigenvalue weighted by Gasteiger charge is 2.18. The largest absolute Gasteiger partial charge is 0.444 e. The fourth-order valence-electron chi connectivity index (χ4n) is 1.88. The van der Waals surface area contributed by atoms with Crippen LogP contribution in [-0.4, -0.2) is 17.7 Å². The second-order valence-electron chi connectivity index (χ2n) is 6.64. The molecule has 124 valence electrons. The SMILES string of the molecule is CCC(C)C(C)Nc1ccc(F)c(NC(=O)OC(C)(C)C)c1. The maximum atomic E-state index is 13.8. The van der Waals surface area contributed by atoms with Gasteiger partial charge in [0.05, 0.1) is 5.69 Å². The lowest BCUT2D eigenvalue weighted by atomic mass is 10.0. The maximum absolute atomic E-state index is 13.8. The second-order valence-corrected chi connectivity index (χ2v) is 6.64. The standard InChI is InChI=1S/C17H27FN2O2/c1-7-11(2)12(3)19-13-8-9-14(18)15(10-13)20-16(21)22-17(4,5)6/h8-12,19H,7H2,1-6H3,(H,20,21). The van der Waals surface area contributed by atoms with Gasteiger partial charge in [0.2, 0.25) is 0 Å². The van der Waals surface area contributed by atoms with E-state index in [4.69, 9.17) is 4.74 Å². The Bertz CT molecular complexity index is 512. The molecule has 0 aromatic heterocycles. The molecule has 0 radical (unpaired) electrons. The number of carbonyl (C=O) groups excluding carboxylic acids is 1. The first-order valence-corrected chi connectivity index (χ1v) is 7.68. The van der Waals surface area contributed by atoms with Gasteiger partial charge in [-0.2, -0.15) is 0 Å². The van der Waals surface area contributed by atoms with Gasteiger partial charge in [0, 0.05) is 11.7 Å². The van der Waals surface area contributed by atoms with Crippen LogP contribution in [0.5, 0.6) is 0 Å². The van der Waals surface area contributed by atoms with Crippen LogP contribution in [0.2, 0.25) is 0 Å². The van der Waals surface area contributed by atoms with Gasteiger partial charge in [0.15, 0.2) is 0 Å². The van der Waals surface area contributed by atoms with Gasteiger partial charge in [-0.1, -0.05) is 20.3 Å². The number of ether oxygens (including phenoxy) is 1. The predicted octanol–water partition coefficient (Wildman–Crippen LogP) is 5.02. The lowest BCUT2D eigenvalue weighted by Crippen LogP contribution is -2.27. The van der Waals surface area contributed by atoms with Crippen LogP contribution in [0.4, 0.5) is 20.6 Å². The van der Waals surface area contributed by atoms with Crippen LogP contribution in [0.15, 0.2) is 18.2 Å². The lowest BCUT2D eigenvalue weighted by molar-refractivity contribution is 0.0635. The molecule has 5 heteroatoms. The molecule has 0 saturated heterocycles. The van der Waals surface area contributed by atoms with Crippen LogP contribution in [0.1, 0.15) is 48.0 Å². The van der Waals surface area contributed by atoms with Crippen LogP contribution < -0.4 is 10.6 Å². The molecule has 0 heterocycles. The van der Waals surface area contributed by atoms with Crippen LogP contribution in [-0.2, 0) is 4.74 Å². The Balaban J connectivity index is 2.80. The minimum atomic E-state index is -0.668. The van der Waals surface area contributed by atoms with Crippen LogP contribution in [0.25, 0.3) is 0 Å². The first-order chi connectivity index (χ1) is 10.1. The summed E-state index contributed by atoms with van der Waals surface area (Å²) >= 11 is 0. The number of halogens is 1. The Morgan fingerprint density at radius 2 is 1.95 bits per heavy atom. The molecular formula is C17H27FN2O2. The summed E-state index contributed by atoms with van der Waals surface area (Å²) in [4.78, 5) is 11.7. The number of rotatable bonds is 5. The van der Waals surface area contributed by atoms with E-state index in [2.05, 4.69) is 31.4 Å². The predicted molar refractivity (Wildman–Crippen MR) is 88.8 cm³/mol. The molecule has 1 amide bonds. The van der Waals surface area contributed by atoms with Crippen molar-refractivity contribution >= 4 is 17.5 Å². The van der Waals surface area contributed by atoms with E-state index in [1.54, 1.807) is 32.9 Å². The van der Waals surface area contributed by atoms with E-state index < -0.39 is 17.5 Å². The summed E-state index contributed by atoms with van der Waals surface area (Å²) in [5.74, 6) is -0.0000738. The number of anilines is 2. The van der Waals surface area contributed by atoms with Gasteiger partial charge < -0.3 is 10.1 Å². The van der Waals surface area contributed by atoms with Gasteiger partial charge in [-0.3, -0.25) is 5.32 Å². The van der Waals surface area contributed by atoms with Crippen molar-refractivity contribution in [2.45, 2.75) is 59.6 Å². The molecule has 0 spiro atoms. The fraction of sp³-hybridized carbons (Fsp3) is 0.588. The van der Waals surface area contributed by atoms with Gasteiger partial charge in [-0.05, 0) is 51.8 Å². The molecule has 1 aromatic rings. The Morgan fingerprint density at radius 3 is 2.50 bits per heavy atom. The molecule has 4 nitrogen and oxygen atoms in total. The zero-order valence-electron chi connectivity index (χ0n) is 14.3. The number of hydrogen-bond donors (Lipinski definition) is 2. The van der Waals surface area contributed by atoms with Gasteiger partial charge in [-0.25, -0.2) is 9.18 Å². The van der Waals surface area contributed by atoms with E-state index in [0.29, 0.717) is 5.92 Å². The smallest absolute Gasteiger partial charge is 0.412 e. The minimum Gasteiger partial charge on any atom is -0.444 e.